The number of amides is 1. The summed E-state index contributed by atoms with van der Waals surface area (Å²) in [4.78, 5) is 16.4. The number of pyridine rings is 1. The molecule has 0 aliphatic carbocycles. The number of benzene rings is 1. The van der Waals surface area contributed by atoms with Gasteiger partial charge in [-0.25, -0.2) is 0 Å². The number of fused-ring (bicyclic) bond motifs is 1. The van der Waals surface area contributed by atoms with E-state index in [1.54, 1.807) is 6.20 Å². The van der Waals surface area contributed by atoms with E-state index >= 15 is 0 Å². The molecule has 1 aromatic carbocycles. The van der Waals surface area contributed by atoms with Crippen LogP contribution in [-0.4, -0.2) is 24.0 Å². The summed E-state index contributed by atoms with van der Waals surface area (Å²) in [5, 5.41) is 7.39. The van der Waals surface area contributed by atoms with Gasteiger partial charge in [-0.15, -0.1) is 0 Å². The van der Waals surface area contributed by atoms with Gasteiger partial charge in [0, 0.05) is 11.8 Å². The molecule has 1 aromatic heterocycles. The Kier molecular flexibility index (Phi) is 4.46. The molecule has 3 rings (SSSR count). The van der Waals surface area contributed by atoms with Crippen molar-refractivity contribution in [2.45, 2.75) is 25.7 Å². The third kappa shape index (κ3) is 3.79. The van der Waals surface area contributed by atoms with E-state index in [1.165, 1.54) is 12.8 Å². The van der Waals surface area contributed by atoms with Crippen LogP contribution in [0.15, 0.2) is 36.5 Å². The van der Waals surface area contributed by atoms with Crippen molar-refractivity contribution in [2.75, 3.05) is 18.4 Å². The monoisotopic (exact) mass is 283 g/mol. The minimum absolute atomic E-state index is 0.0812. The highest BCUT2D eigenvalue weighted by Gasteiger charge is 2.14. The highest BCUT2D eigenvalue weighted by atomic mass is 16.1. The van der Waals surface area contributed by atoms with Crippen molar-refractivity contribution in [1.29, 1.82) is 0 Å². The SMILES string of the molecule is O=C(CCC1CCCNC1)Nc1cnc2ccccc2c1. The molecular formula is C17H21N3O. The molecule has 4 heteroatoms. The Bertz CT molecular complexity index is 620. The van der Waals surface area contributed by atoms with Crippen LogP contribution in [0.1, 0.15) is 25.7 Å². The first-order chi connectivity index (χ1) is 10.3. The van der Waals surface area contributed by atoms with Crippen LogP contribution in [0.3, 0.4) is 0 Å². The quantitative estimate of drug-likeness (QED) is 0.907. The number of carbonyl (C=O) groups excluding carboxylic acids is 1. The molecule has 21 heavy (non-hydrogen) atoms. The van der Waals surface area contributed by atoms with Crippen molar-refractivity contribution in [3.05, 3.63) is 36.5 Å². The lowest BCUT2D eigenvalue weighted by molar-refractivity contribution is -0.116. The Balaban J connectivity index is 1.55. The summed E-state index contributed by atoms with van der Waals surface area (Å²) in [7, 11) is 0. The predicted octanol–water partition coefficient (Wildman–Crippen LogP) is 2.95. The number of nitrogens with one attached hydrogen (secondary N) is 2. The number of nitrogens with zero attached hydrogens (tertiary/aromatic N) is 1. The number of hydrogen-bond acceptors (Lipinski definition) is 3. The number of hydrogen-bond donors (Lipinski definition) is 2. The van der Waals surface area contributed by atoms with Gasteiger partial charge >= 0.3 is 0 Å². The molecule has 0 spiro atoms. The van der Waals surface area contributed by atoms with Crippen LogP contribution in [0.25, 0.3) is 10.9 Å². The van der Waals surface area contributed by atoms with Crippen molar-refractivity contribution in [3.63, 3.8) is 0 Å². The standard InChI is InChI=1S/C17H21N3O/c21-17(8-7-13-4-3-9-18-11-13)20-15-10-14-5-1-2-6-16(14)19-12-15/h1-2,5-6,10,12-13,18H,3-4,7-9,11H2,(H,20,21). The molecule has 4 nitrogen and oxygen atoms in total. The zero-order valence-electron chi connectivity index (χ0n) is 12.1. The Hall–Kier alpha value is -1.94. The first-order valence-corrected chi connectivity index (χ1v) is 7.66. The van der Waals surface area contributed by atoms with Crippen LogP contribution in [0.2, 0.25) is 0 Å². The molecule has 2 heterocycles. The molecule has 1 aliphatic rings. The average molecular weight is 283 g/mol. The van der Waals surface area contributed by atoms with E-state index in [-0.39, 0.29) is 5.91 Å². The Labute approximate surface area is 125 Å². The van der Waals surface area contributed by atoms with E-state index in [9.17, 15) is 4.79 Å². The van der Waals surface area contributed by atoms with Crippen molar-refractivity contribution in [2.24, 2.45) is 5.92 Å². The summed E-state index contributed by atoms with van der Waals surface area (Å²) in [5.41, 5.74) is 1.73. The van der Waals surface area contributed by atoms with Gasteiger partial charge in [0.15, 0.2) is 0 Å². The summed E-state index contributed by atoms with van der Waals surface area (Å²) in [5.74, 6) is 0.719. The van der Waals surface area contributed by atoms with Crippen molar-refractivity contribution in [1.82, 2.24) is 10.3 Å². The topological polar surface area (TPSA) is 54.0 Å². The second kappa shape index (κ2) is 6.68. The first kappa shape index (κ1) is 14.0. The van der Waals surface area contributed by atoms with Crippen LogP contribution < -0.4 is 10.6 Å². The number of aromatic nitrogens is 1. The molecule has 2 N–H and O–H groups in total. The Morgan fingerprint density at radius 1 is 1.38 bits per heavy atom. The molecule has 1 unspecified atom stereocenters. The molecule has 1 atom stereocenters. The van der Waals surface area contributed by atoms with Gasteiger partial charge in [-0.1, -0.05) is 18.2 Å². The van der Waals surface area contributed by atoms with E-state index in [4.69, 9.17) is 0 Å². The molecule has 0 radical (unpaired) electrons. The zero-order chi connectivity index (χ0) is 14.5. The van der Waals surface area contributed by atoms with Gasteiger partial charge in [0.05, 0.1) is 17.4 Å². The van der Waals surface area contributed by atoms with Gasteiger partial charge in [0.25, 0.3) is 0 Å². The number of carbonyl (C=O) groups is 1. The predicted molar refractivity (Wildman–Crippen MR) is 85.2 cm³/mol. The maximum atomic E-state index is 12.0. The summed E-state index contributed by atoms with van der Waals surface area (Å²) >= 11 is 0. The lowest BCUT2D eigenvalue weighted by Crippen LogP contribution is -2.30. The minimum atomic E-state index is 0.0812. The van der Waals surface area contributed by atoms with Gasteiger partial charge in [0.2, 0.25) is 5.91 Å². The van der Waals surface area contributed by atoms with E-state index in [1.807, 2.05) is 30.3 Å². The van der Waals surface area contributed by atoms with E-state index < -0.39 is 0 Å². The molecule has 2 aromatic rings. The zero-order valence-corrected chi connectivity index (χ0v) is 12.1. The number of rotatable bonds is 4. The molecule has 110 valence electrons. The fourth-order valence-electron chi connectivity index (χ4n) is 2.87. The largest absolute Gasteiger partial charge is 0.325 e. The third-order valence-corrected chi connectivity index (χ3v) is 4.05. The van der Waals surface area contributed by atoms with Crippen LogP contribution in [0.4, 0.5) is 5.69 Å². The van der Waals surface area contributed by atoms with Crippen LogP contribution in [0, 0.1) is 5.92 Å². The van der Waals surface area contributed by atoms with Gasteiger partial charge in [-0.05, 0) is 50.4 Å². The normalized spacial score (nSPS) is 18.6. The summed E-state index contributed by atoms with van der Waals surface area (Å²) < 4.78 is 0. The van der Waals surface area contributed by atoms with Gasteiger partial charge in [-0.3, -0.25) is 9.78 Å². The van der Waals surface area contributed by atoms with E-state index in [0.717, 1.165) is 36.1 Å². The molecule has 1 saturated heterocycles. The van der Waals surface area contributed by atoms with Gasteiger partial charge < -0.3 is 10.6 Å². The maximum Gasteiger partial charge on any atom is 0.224 e. The lowest BCUT2D eigenvalue weighted by atomic mass is 9.94. The summed E-state index contributed by atoms with van der Waals surface area (Å²) in [6, 6.07) is 9.89. The molecule has 0 saturated carbocycles. The molecule has 1 aliphatic heterocycles. The highest BCUT2D eigenvalue weighted by molar-refractivity contribution is 5.93. The van der Waals surface area contributed by atoms with Crippen molar-refractivity contribution in [3.8, 4) is 0 Å². The second-order valence-electron chi connectivity index (χ2n) is 5.72. The van der Waals surface area contributed by atoms with Crippen molar-refractivity contribution < 1.29 is 4.79 Å². The molecular weight excluding hydrogens is 262 g/mol. The number of anilines is 1. The molecule has 0 bridgehead atoms. The Morgan fingerprint density at radius 3 is 3.14 bits per heavy atom. The van der Waals surface area contributed by atoms with Crippen LogP contribution >= 0.6 is 0 Å². The van der Waals surface area contributed by atoms with Gasteiger partial charge in [0.1, 0.15) is 0 Å². The average Bonchev–Trinajstić information content (AvgIpc) is 2.54. The highest BCUT2D eigenvalue weighted by Crippen LogP contribution is 2.18. The molecule has 1 amide bonds. The fraction of sp³-hybridized carbons (Fsp3) is 0.412. The lowest BCUT2D eigenvalue weighted by Gasteiger charge is -2.22. The maximum absolute atomic E-state index is 12.0. The number of piperidine rings is 1. The molecule has 1 fully saturated rings. The van der Waals surface area contributed by atoms with Crippen LogP contribution in [0.5, 0.6) is 0 Å². The third-order valence-electron chi connectivity index (χ3n) is 4.05. The fourth-order valence-corrected chi connectivity index (χ4v) is 2.87. The number of para-hydroxylation sites is 1. The van der Waals surface area contributed by atoms with Gasteiger partial charge in [-0.2, -0.15) is 0 Å². The van der Waals surface area contributed by atoms with E-state index in [0.29, 0.717) is 12.3 Å². The van der Waals surface area contributed by atoms with E-state index in [2.05, 4.69) is 15.6 Å². The first-order valence-electron chi connectivity index (χ1n) is 7.66. The summed E-state index contributed by atoms with van der Waals surface area (Å²) in [6.07, 6.45) is 5.72. The summed E-state index contributed by atoms with van der Waals surface area (Å²) in [6.45, 7) is 2.16. The minimum Gasteiger partial charge on any atom is -0.325 e. The smallest absolute Gasteiger partial charge is 0.224 e. The second-order valence-corrected chi connectivity index (χ2v) is 5.72. The van der Waals surface area contributed by atoms with Crippen molar-refractivity contribution >= 4 is 22.5 Å². The van der Waals surface area contributed by atoms with Crippen LogP contribution in [-0.2, 0) is 4.79 Å². The Morgan fingerprint density at radius 2 is 2.29 bits per heavy atom.